The summed E-state index contributed by atoms with van der Waals surface area (Å²) in [7, 11) is 0. The van der Waals surface area contributed by atoms with Gasteiger partial charge >= 0.3 is 5.97 Å². The fraction of sp³-hybridized carbons (Fsp3) is 0.526. The number of benzene rings is 1. The van der Waals surface area contributed by atoms with Crippen LogP contribution in [-0.4, -0.2) is 35.5 Å². The first-order valence-corrected chi connectivity index (χ1v) is 8.93. The number of amides is 2. The lowest BCUT2D eigenvalue weighted by atomic mass is 9.94. The van der Waals surface area contributed by atoms with Crippen LogP contribution >= 0.6 is 0 Å². The Hall–Kier alpha value is -2.37. The molecule has 0 aliphatic heterocycles. The van der Waals surface area contributed by atoms with Crippen LogP contribution in [0.15, 0.2) is 30.3 Å². The van der Waals surface area contributed by atoms with E-state index in [4.69, 9.17) is 0 Å². The minimum absolute atomic E-state index is 0.146. The van der Waals surface area contributed by atoms with E-state index in [1.165, 1.54) is 0 Å². The van der Waals surface area contributed by atoms with E-state index in [2.05, 4.69) is 10.6 Å². The summed E-state index contributed by atoms with van der Waals surface area (Å²) < 4.78 is 0. The second-order valence-electron chi connectivity index (χ2n) is 6.48. The number of carbonyl (C=O) groups excluding carboxylic acids is 2. The highest BCUT2D eigenvalue weighted by Gasteiger charge is 2.30. The van der Waals surface area contributed by atoms with Crippen molar-refractivity contribution in [3.05, 3.63) is 35.9 Å². The number of hydrogen-bond donors (Lipinski definition) is 3. The van der Waals surface area contributed by atoms with Crippen molar-refractivity contribution in [1.82, 2.24) is 10.6 Å². The van der Waals surface area contributed by atoms with Gasteiger partial charge in [-0.1, -0.05) is 37.5 Å². The zero-order valence-corrected chi connectivity index (χ0v) is 14.4. The molecule has 1 aliphatic rings. The molecule has 0 radical (unpaired) electrons. The van der Waals surface area contributed by atoms with Crippen LogP contribution in [0, 0.1) is 5.92 Å². The van der Waals surface area contributed by atoms with Crippen LogP contribution in [0.5, 0.6) is 0 Å². The molecule has 2 amide bonds. The third-order valence-electron chi connectivity index (χ3n) is 4.58. The molecule has 0 aromatic heterocycles. The fourth-order valence-corrected chi connectivity index (χ4v) is 3.20. The first-order valence-electron chi connectivity index (χ1n) is 8.93. The molecule has 136 valence electrons. The van der Waals surface area contributed by atoms with Crippen LogP contribution in [0.3, 0.4) is 0 Å². The number of carbonyl (C=O) groups is 3. The molecule has 2 atom stereocenters. The molecule has 0 bridgehead atoms. The predicted molar refractivity (Wildman–Crippen MR) is 94.2 cm³/mol. The Labute approximate surface area is 148 Å². The largest absolute Gasteiger partial charge is 0.481 e. The van der Waals surface area contributed by atoms with Crippen molar-refractivity contribution in [2.75, 3.05) is 6.54 Å². The van der Waals surface area contributed by atoms with Crippen LogP contribution in [0.25, 0.3) is 0 Å². The highest BCUT2D eigenvalue weighted by Crippen LogP contribution is 2.24. The molecule has 6 nitrogen and oxygen atoms in total. The zero-order chi connectivity index (χ0) is 18.1. The quantitative estimate of drug-likeness (QED) is 0.522. The van der Waals surface area contributed by atoms with Crippen LogP contribution in [0.2, 0.25) is 0 Å². The van der Waals surface area contributed by atoms with Gasteiger partial charge in [0.2, 0.25) is 5.91 Å². The van der Waals surface area contributed by atoms with Crippen molar-refractivity contribution < 1.29 is 19.5 Å². The van der Waals surface area contributed by atoms with Crippen LogP contribution in [0.1, 0.15) is 55.3 Å². The van der Waals surface area contributed by atoms with Crippen LogP contribution in [0.4, 0.5) is 0 Å². The van der Waals surface area contributed by atoms with Gasteiger partial charge in [0.1, 0.15) is 0 Å². The fourth-order valence-electron chi connectivity index (χ4n) is 3.20. The minimum atomic E-state index is -0.831. The summed E-state index contributed by atoms with van der Waals surface area (Å²) >= 11 is 0. The van der Waals surface area contributed by atoms with Crippen LogP contribution in [-0.2, 0) is 9.59 Å². The van der Waals surface area contributed by atoms with Gasteiger partial charge in [0.05, 0.1) is 5.92 Å². The molecule has 3 N–H and O–H groups in total. The Kier molecular flexibility index (Phi) is 7.44. The molecule has 0 heterocycles. The molecule has 1 aromatic rings. The van der Waals surface area contributed by atoms with Gasteiger partial charge in [-0.25, -0.2) is 0 Å². The maximum Gasteiger partial charge on any atom is 0.308 e. The molecule has 0 unspecified atom stereocenters. The molecule has 2 rings (SSSR count). The number of aliphatic carboxylic acids is 1. The van der Waals surface area contributed by atoms with E-state index in [-0.39, 0.29) is 24.3 Å². The van der Waals surface area contributed by atoms with Crippen molar-refractivity contribution >= 4 is 17.8 Å². The molecule has 1 saturated carbocycles. The average molecular weight is 346 g/mol. The number of rotatable bonds is 7. The maximum absolute atomic E-state index is 12.1. The van der Waals surface area contributed by atoms with Gasteiger partial charge in [-0.2, -0.15) is 0 Å². The summed E-state index contributed by atoms with van der Waals surface area (Å²) in [5.74, 6) is -1.63. The lowest BCUT2D eigenvalue weighted by Crippen LogP contribution is -2.43. The Morgan fingerprint density at radius 1 is 1.04 bits per heavy atom. The highest BCUT2D eigenvalue weighted by molar-refractivity contribution is 5.94. The van der Waals surface area contributed by atoms with E-state index in [0.29, 0.717) is 31.4 Å². The number of hydrogen-bond acceptors (Lipinski definition) is 3. The second kappa shape index (κ2) is 9.81. The molecule has 1 aromatic carbocycles. The molecule has 0 saturated heterocycles. The van der Waals surface area contributed by atoms with E-state index in [9.17, 15) is 19.5 Å². The topological polar surface area (TPSA) is 95.5 Å². The zero-order valence-electron chi connectivity index (χ0n) is 14.4. The highest BCUT2D eigenvalue weighted by atomic mass is 16.4. The summed E-state index contributed by atoms with van der Waals surface area (Å²) in [5.41, 5.74) is 0.592. The molecule has 1 aliphatic carbocycles. The standard InChI is InChI=1S/C19H26N2O4/c22-17(21-16-11-6-2-5-10-15(16)19(24)25)12-7-13-20-18(23)14-8-3-1-4-9-14/h1,3-4,8-9,15-16H,2,5-7,10-13H2,(H,20,23)(H,21,22)(H,24,25)/t15-,16+/m1/s1. The van der Waals surface area contributed by atoms with E-state index < -0.39 is 11.9 Å². The molecular formula is C19H26N2O4. The molecule has 1 fully saturated rings. The minimum Gasteiger partial charge on any atom is -0.481 e. The van der Waals surface area contributed by atoms with Gasteiger partial charge in [-0.05, 0) is 31.4 Å². The van der Waals surface area contributed by atoms with Gasteiger partial charge in [0.25, 0.3) is 5.91 Å². The second-order valence-corrected chi connectivity index (χ2v) is 6.48. The Morgan fingerprint density at radius 2 is 1.76 bits per heavy atom. The maximum atomic E-state index is 12.1. The first kappa shape index (κ1) is 19.0. The monoisotopic (exact) mass is 346 g/mol. The first-order chi connectivity index (χ1) is 12.1. The smallest absolute Gasteiger partial charge is 0.308 e. The Bertz CT molecular complexity index is 588. The van der Waals surface area contributed by atoms with Crippen molar-refractivity contribution in [3.63, 3.8) is 0 Å². The third-order valence-corrected chi connectivity index (χ3v) is 4.58. The van der Waals surface area contributed by atoms with Crippen molar-refractivity contribution in [3.8, 4) is 0 Å². The van der Waals surface area contributed by atoms with Gasteiger partial charge in [-0.15, -0.1) is 0 Å². The van der Waals surface area contributed by atoms with Gasteiger partial charge < -0.3 is 15.7 Å². The van der Waals surface area contributed by atoms with Crippen molar-refractivity contribution in [2.45, 2.75) is 51.0 Å². The van der Waals surface area contributed by atoms with Crippen molar-refractivity contribution in [2.24, 2.45) is 5.92 Å². The van der Waals surface area contributed by atoms with E-state index >= 15 is 0 Å². The van der Waals surface area contributed by atoms with Gasteiger partial charge in [0, 0.05) is 24.6 Å². The summed E-state index contributed by atoms with van der Waals surface area (Å²) in [5, 5.41) is 15.0. The lowest BCUT2D eigenvalue weighted by Gasteiger charge is -2.22. The normalized spacial score (nSPS) is 20.3. The van der Waals surface area contributed by atoms with Crippen LogP contribution < -0.4 is 10.6 Å². The Balaban J connectivity index is 1.71. The van der Waals surface area contributed by atoms with Gasteiger partial charge in [-0.3, -0.25) is 14.4 Å². The number of carboxylic acid groups (broad SMARTS) is 1. The number of nitrogens with one attached hydrogen (secondary N) is 2. The van der Waals surface area contributed by atoms with E-state index in [0.717, 1.165) is 19.3 Å². The van der Waals surface area contributed by atoms with E-state index in [1.807, 2.05) is 6.07 Å². The number of carboxylic acids is 1. The summed E-state index contributed by atoms with van der Waals surface area (Å²) in [4.78, 5) is 35.3. The molecule has 25 heavy (non-hydrogen) atoms. The molecular weight excluding hydrogens is 320 g/mol. The molecule has 0 spiro atoms. The Morgan fingerprint density at radius 3 is 2.48 bits per heavy atom. The average Bonchev–Trinajstić information content (AvgIpc) is 2.85. The van der Waals surface area contributed by atoms with Gasteiger partial charge in [0.15, 0.2) is 0 Å². The summed E-state index contributed by atoms with van der Waals surface area (Å²) in [6, 6.07) is 8.63. The van der Waals surface area contributed by atoms with E-state index in [1.54, 1.807) is 24.3 Å². The molecule has 6 heteroatoms. The summed E-state index contributed by atoms with van der Waals surface area (Å²) in [6.45, 7) is 0.411. The van der Waals surface area contributed by atoms with Crippen molar-refractivity contribution in [1.29, 1.82) is 0 Å². The SMILES string of the molecule is O=C(CCCNC(=O)c1ccccc1)N[C@H]1CCCCC[C@H]1C(=O)O. The lowest BCUT2D eigenvalue weighted by molar-refractivity contribution is -0.143. The third kappa shape index (κ3) is 6.21. The summed E-state index contributed by atoms with van der Waals surface area (Å²) in [6.07, 6.45) is 4.99. The predicted octanol–water partition coefficient (Wildman–Crippen LogP) is 2.35.